The first-order chi connectivity index (χ1) is 15.2. The fraction of sp³-hybridized carbons (Fsp3) is 0.267. The van der Waals surface area contributed by atoms with E-state index in [9.17, 15) is 24.7 Å². The number of nitrogens with one attached hydrogen (secondary N) is 1. The summed E-state index contributed by atoms with van der Waals surface area (Å²) >= 11 is 14.9. The third kappa shape index (κ3) is 3.90. The summed E-state index contributed by atoms with van der Waals surface area (Å²) in [7, 11) is 0. The van der Waals surface area contributed by atoms with Crippen LogP contribution in [-0.2, 0) is 14.4 Å². The number of hydrogen-bond donors (Lipinski definition) is 4. The van der Waals surface area contributed by atoms with Crippen molar-refractivity contribution in [1.82, 2.24) is 24.8 Å². The van der Waals surface area contributed by atoms with E-state index in [1.807, 2.05) is 0 Å². The molecule has 2 unspecified atom stereocenters. The molecular formula is C15H11Cl2N7O5S3. The van der Waals surface area contributed by atoms with Gasteiger partial charge in [-0.1, -0.05) is 55.9 Å². The maximum absolute atomic E-state index is 12.8. The molecule has 0 bridgehead atoms. The Bertz CT molecular complexity index is 1200. The summed E-state index contributed by atoms with van der Waals surface area (Å²) in [6.45, 7) is 0. The van der Waals surface area contributed by atoms with E-state index in [0.29, 0.717) is 27.1 Å². The van der Waals surface area contributed by atoms with Gasteiger partial charge in [-0.15, -0.1) is 5.10 Å². The fourth-order valence-electron chi connectivity index (χ4n) is 3.35. The minimum Gasteiger partial charge on any atom is -0.477 e. The molecule has 0 aliphatic carbocycles. The number of nitrogens with zero attached hydrogens (tertiary/aromatic N) is 5. The SMILES string of the molecule is Nc1nc(/C(=N/O)C(=O)NC2C(=O)N3C(C(=O)O)=C(Sc4nnsc4Cl)CCC23)c(Cl)s1. The van der Waals surface area contributed by atoms with Crippen molar-refractivity contribution in [2.24, 2.45) is 5.16 Å². The first-order valence-electron chi connectivity index (χ1n) is 8.63. The molecule has 2 atom stereocenters. The first kappa shape index (κ1) is 22.7. The Hall–Kier alpha value is -2.46. The van der Waals surface area contributed by atoms with Crippen LogP contribution in [0.15, 0.2) is 20.8 Å². The highest BCUT2D eigenvalue weighted by Crippen LogP contribution is 2.44. The number of aliphatic carboxylic acids is 1. The van der Waals surface area contributed by atoms with Crippen molar-refractivity contribution in [3.05, 3.63) is 25.0 Å². The van der Waals surface area contributed by atoms with Gasteiger partial charge in [0, 0.05) is 16.4 Å². The van der Waals surface area contributed by atoms with E-state index in [2.05, 4.69) is 25.0 Å². The van der Waals surface area contributed by atoms with Crippen molar-refractivity contribution in [2.45, 2.75) is 30.0 Å². The van der Waals surface area contributed by atoms with Gasteiger partial charge >= 0.3 is 5.97 Å². The molecule has 1 saturated heterocycles. The number of anilines is 1. The number of amides is 2. The average Bonchev–Trinajstić information content (AvgIpc) is 3.30. The second-order valence-electron chi connectivity index (χ2n) is 6.42. The van der Waals surface area contributed by atoms with Crippen molar-refractivity contribution in [3.8, 4) is 0 Å². The van der Waals surface area contributed by atoms with Gasteiger partial charge in [-0.3, -0.25) is 14.5 Å². The maximum atomic E-state index is 12.8. The molecule has 2 aliphatic heterocycles. The molecule has 4 heterocycles. The molecule has 0 spiro atoms. The zero-order chi connectivity index (χ0) is 23.2. The smallest absolute Gasteiger partial charge is 0.353 e. The Morgan fingerprint density at radius 2 is 2.09 bits per heavy atom. The first-order valence-corrected chi connectivity index (χ1v) is 11.8. The minimum atomic E-state index is -1.29. The second kappa shape index (κ2) is 8.82. The summed E-state index contributed by atoms with van der Waals surface area (Å²) in [6.07, 6.45) is 0.692. The molecule has 12 nitrogen and oxygen atoms in total. The number of oxime groups is 1. The molecule has 0 radical (unpaired) electrons. The number of fused-ring (bicyclic) bond motifs is 1. The summed E-state index contributed by atoms with van der Waals surface area (Å²) in [4.78, 5) is 42.7. The van der Waals surface area contributed by atoms with E-state index >= 15 is 0 Å². The van der Waals surface area contributed by atoms with Gasteiger partial charge < -0.3 is 21.4 Å². The molecule has 2 aromatic heterocycles. The number of β-lactam (4-membered cyclic amide) rings is 1. The molecule has 17 heteroatoms. The van der Waals surface area contributed by atoms with E-state index in [-0.39, 0.29) is 20.9 Å². The highest BCUT2D eigenvalue weighted by atomic mass is 35.5. The Kier molecular flexibility index (Phi) is 6.26. The molecule has 5 N–H and O–H groups in total. The number of thiazole rings is 1. The van der Waals surface area contributed by atoms with Crippen molar-refractivity contribution in [2.75, 3.05) is 5.73 Å². The highest BCUT2D eigenvalue weighted by Gasteiger charge is 2.54. The number of carbonyl (C=O) groups excluding carboxylic acids is 2. The number of hydrogen-bond acceptors (Lipinski definition) is 12. The number of rotatable bonds is 6. The van der Waals surface area contributed by atoms with Crippen LogP contribution in [0.25, 0.3) is 0 Å². The maximum Gasteiger partial charge on any atom is 0.353 e. The summed E-state index contributed by atoms with van der Waals surface area (Å²) in [6, 6.07) is -1.61. The van der Waals surface area contributed by atoms with Crippen molar-refractivity contribution in [3.63, 3.8) is 0 Å². The number of carbonyl (C=O) groups is 3. The topological polar surface area (TPSA) is 184 Å². The Morgan fingerprint density at radius 1 is 1.34 bits per heavy atom. The van der Waals surface area contributed by atoms with E-state index in [1.165, 1.54) is 0 Å². The van der Waals surface area contributed by atoms with Crippen LogP contribution < -0.4 is 11.1 Å². The number of aromatic nitrogens is 3. The number of thioether (sulfide) groups is 1. The lowest BCUT2D eigenvalue weighted by Crippen LogP contribution is -2.72. The van der Waals surface area contributed by atoms with E-state index in [0.717, 1.165) is 39.5 Å². The average molecular weight is 536 g/mol. The zero-order valence-electron chi connectivity index (χ0n) is 15.5. The highest BCUT2D eigenvalue weighted by molar-refractivity contribution is 8.03. The molecule has 0 saturated carbocycles. The Labute approximate surface area is 201 Å². The summed E-state index contributed by atoms with van der Waals surface area (Å²) in [5, 5.41) is 28.6. The Balaban J connectivity index is 1.54. The minimum absolute atomic E-state index is 0.0395. The molecule has 4 rings (SSSR count). The van der Waals surface area contributed by atoms with E-state index < -0.39 is 35.6 Å². The Morgan fingerprint density at radius 3 is 2.66 bits per heavy atom. The van der Waals surface area contributed by atoms with Crippen LogP contribution in [0.2, 0.25) is 8.67 Å². The third-order valence-corrected chi connectivity index (χ3v) is 8.01. The second-order valence-corrected chi connectivity index (χ2v) is 10.5. The fourth-order valence-corrected chi connectivity index (χ4v) is 6.02. The monoisotopic (exact) mass is 535 g/mol. The van der Waals surface area contributed by atoms with Crippen LogP contribution in [-0.4, -0.2) is 65.4 Å². The largest absolute Gasteiger partial charge is 0.477 e. The number of carboxylic acid groups (broad SMARTS) is 1. The number of allylic oxidation sites excluding steroid dienone is 1. The lowest BCUT2D eigenvalue weighted by Gasteiger charge is -2.50. The van der Waals surface area contributed by atoms with E-state index in [4.69, 9.17) is 28.9 Å². The van der Waals surface area contributed by atoms with Crippen molar-refractivity contribution in [1.29, 1.82) is 0 Å². The van der Waals surface area contributed by atoms with Crippen LogP contribution in [0, 0.1) is 0 Å². The molecule has 2 aliphatic rings. The quantitative estimate of drug-likeness (QED) is 0.183. The molecule has 1 fully saturated rings. The standard InChI is InChI=1S/C15H11Cl2N7O5S3/c16-9-6(20-15(18)31-9)7(22-29)11(25)19-5-3-1-2-4(30-12-10(17)32-23-21-12)8(14(27)28)24(3)13(5)26/h3,5,29H,1-2H2,(H2,18,20)(H,19,25)(H,27,28)/b22-7-. The van der Waals surface area contributed by atoms with Crippen LogP contribution in [0.5, 0.6) is 0 Å². The van der Waals surface area contributed by atoms with Crippen LogP contribution in [0.1, 0.15) is 18.5 Å². The molecule has 2 amide bonds. The normalized spacial score (nSPS) is 20.8. The predicted molar refractivity (Wildman–Crippen MR) is 117 cm³/mol. The van der Waals surface area contributed by atoms with Gasteiger partial charge in [0.15, 0.2) is 15.9 Å². The van der Waals surface area contributed by atoms with Crippen LogP contribution in [0.4, 0.5) is 5.13 Å². The van der Waals surface area contributed by atoms with Crippen LogP contribution in [0.3, 0.4) is 0 Å². The van der Waals surface area contributed by atoms with Gasteiger partial charge in [-0.05, 0) is 12.8 Å². The zero-order valence-corrected chi connectivity index (χ0v) is 19.4. The molecule has 168 valence electrons. The summed E-state index contributed by atoms with van der Waals surface area (Å²) in [5.74, 6) is -2.82. The van der Waals surface area contributed by atoms with Gasteiger partial charge in [0.1, 0.15) is 26.1 Å². The number of nitrogen functional groups attached to an aromatic ring is 1. The van der Waals surface area contributed by atoms with Gasteiger partial charge in [-0.2, -0.15) is 0 Å². The predicted octanol–water partition coefficient (Wildman–Crippen LogP) is 1.64. The van der Waals surface area contributed by atoms with Crippen LogP contribution >= 0.6 is 57.8 Å². The lowest BCUT2D eigenvalue weighted by molar-refractivity contribution is -0.155. The van der Waals surface area contributed by atoms with Gasteiger partial charge in [-0.25, -0.2) is 9.78 Å². The number of halogens is 2. The number of carboxylic acids is 1. The van der Waals surface area contributed by atoms with Crippen molar-refractivity contribution < 1.29 is 24.7 Å². The van der Waals surface area contributed by atoms with E-state index in [1.54, 1.807) is 0 Å². The molecular weight excluding hydrogens is 525 g/mol. The van der Waals surface area contributed by atoms with Gasteiger partial charge in [0.05, 0.1) is 6.04 Å². The van der Waals surface area contributed by atoms with Gasteiger partial charge in [0.25, 0.3) is 11.8 Å². The summed E-state index contributed by atoms with van der Waals surface area (Å²) in [5.41, 5.74) is 4.71. The van der Waals surface area contributed by atoms with Gasteiger partial charge in [0.2, 0.25) is 0 Å². The third-order valence-electron chi connectivity index (χ3n) is 4.66. The number of nitrogens with two attached hydrogens (primary N) is 1. The summed E-state index contributed by atoms with van der Waals surface area (Å²) < 4.78 is 4.06. The molecule has 0 aromatic carbocycles. The lowest BCUT2D eigenvalue weighted by atomic mass is 9.86. The molecule has 2 aromatic rings. The molecule has 32 heavy (non-hydrogen) atoms. The van der Waals surface area contributed by atoms with Crippen molar-refractivity contribution >= 4 is 86.5 Å².